The average Bonchev–Trinajstić information content (AvgIpc) is 2.86. The molecule has 3 nitrogen and oxygen atoms in total. The van der Waals surface area contributed by atoms with Crippen molar-refractivity contribution in [1.29, 1.82) is 0 Å². The van der Waals surface area contributed by atoms with Gasteiger partial charge in [-0.05, 0) is 29.8 Å². The zero-order chi connectivity index (χ0) is 15.0. The summed E-state index contributed by atoms with van der Waals surface area (Å²) >= 11 is 11.9. The highest BCUT2D eigenvalue weighted by molar-refractivity contribution is 6.42. The van der Waals surface area contributed by atoms with Crippen LogP contribution in [-0.2, 0) is 6.54 Å². The minimum Gasteiger partial charge on any atom is -0.478 e. The van der Waals surface area contributed by atoms with Gasteiger partial charge in [0.1, 0.15) is 0 Å². The van der Waals surface area contributed by atoms with Crippen LogP contribution in [0.1, 0.15) is 15.9 Å². The van der Waals surface area contributed by atoms with E-state index in [2.05, 4.69) is 0 Å². The number of hydrogen-bond acceptors (Lipinski definition) is 1. The Morgan fingerprint density at radius 3 is 2.62 bits per heavy atom. The number of aromatic nitrogens is 1. The maximum atomic E-state index is 11.4. The lowest BCUT2D eigenvalue weighted by atomic mass is 10.1. The zero-order valence-electron chi connectivity index (χ0n) is 10.9. The Bertz CT molecular complexity index is 839. The summed E-state index contributed by atoms with van der Waals surface area (Å²) in [7, 11) is 0. The topological polar surface area (TPSA) is 42.2 Å². The minimum absolute atomic E-state index is 0.289. The highest BCUT2D eigenvalue weighted by Crippen LogP contribution is 2.25. The molecule has 0 saturated carbocycles. The van der Waals surface area contributed by atoms with E-state index in [1.54, 1.807) is 24.3 Å². The summed E-state index contributed by atoms with van der Waals surface area (Å²) in [6.45, 7) is 0.532. The molecule has 0 aliphatic rings. The maximum Gasteiger partial charge on any atom is 0.337 e. The fourth-order valence-corrected chi connectivity index (χ4v) is 2.72. The van der Waals surface area contributed by atoms with E-state index in [1.807, 2.05) is 29.0 Å². The Morgan fingerprint density at radius 1 is 1.10 bits per heavy atom. The molecule has 3 aromatic rings. The van der Waals surface area contributed by atoms with Crippen LogP contribution < -0.4 is 0 Å². The van der Waals surface area contributed by atoms with E-state index in [1.165, 1.54) is 0 Å². The molecule has 2 aromatic carbocycles. The number of rotatable bonds is 3. The molecular weight excluding hydrogens is 309 g/mol. The molecule has 21 heavy (non-hydrogen) atoms. The first-order valence-corrected chi connectivity index (χ1v) is 7.07. The summed E-state index contributed by atoms with van der Waals surface area (Å²) in [5.41, 5.74) is 1.95. The van der Waals surface area contributed by atoms with E-state index in [9.17, 15) is 9.90 Å². The second kappa shape index (κ2) is 5.43. The van der Waals surface area contributed by atoms with E-state index >= 15 is 0 Å². The number of carboxylic acid groups (broad SMARTS) is 1. The van der Waals surface area contributed by atoms with Crippen molar-refractivity contribution >= 4 is 40.1 Å². The van der Waals surface area contributed by atoms with Gasteiger partial charge in [0.05, 0.1) is 21.1 Å². The molecule has 0 bridgehead atoms. The lowest BCUT2D eigenvalue weighted by Gasteiger charge is -2.09. The molecule has 0 fully saturated rings. The van der Waals surface area contributed by atoms with Crippen LogP contribution in [0.15, 0.2) is 48.7 Å². The molecule has 106 valence electrons. The number of para-hydroxylation sites is 1. The molecular formula is C16H11Cl2NO2. The Hall–Kier alpha value is -1.97. The van der Waals surface area contributed by atoms with Gasteiger partial charge < -0.3 is 9.67 Å². The Morgan fingerprint density at radius 2 is 1.90 bits per heavy atom. The van der Waals surface area contributed by atoms with E-state index in [0.29, 0.717) is 22.1 Å². The summed E-state index contributed by atoms with van der Waals surface area (Å²) in [6, 6.07) is 12.6. The SMILES string of the molecule is O=C(O)c1cccc2ccn(Cc3ccc(Cl)c(Cl)c3)c12. The molecule has 0 amide bonds. The fourth-order valence-electron chi connectivity index (χ4n) is 2.40. The molecule has 5 heteroatoms. The fraction of sp³-hybridized carbons (Fsp3) is 0.0625. The predicted molar refractivity (Wildman–Crippen MR) is 84.5 cm³/mol. The standard InChI is InChI=1S/C16H11Cl2NO2/c17-13-5-4-10(8-14(13)18)9-19-7-6-11-2-1-3-12(15(11)19)16(20)21/h1-8H,9H2,(H,20,21). The van der Waals surface area contributed by atoms with Crippen molar-refractivity contribution in [2.75, 3.05) is 0 Å². The predicted octanol–water partition coefficient (Wildman–Crippen LogP) is 4.69. The molecule has 0 aliphatic carbocycles. The molecule has 0 atom stereocenters. The van der Waals surface area contributed by atoms with Gasteiger partial charge in [0.2, 0.25) is 0 Å². The second-order valence-corrected chi connectivity index (χ2v) is 5.56. The van der Waals surface area contributed by atoms with Crippen LogP contribution in [0.3, 0.4) is 0 Å². The van der Waals surface area contributed by atoms with Gasteiger partial charge in [-0.1, -0.05) is 41.4 Å². The number of benzene rings is 2. The highest BCUT2D eigenvalue weighted by Gasteiger charge is 2.12. The van der Waals surface area contributed by atoms with Crippen molar-refractivity contribution in [2.45, 2.75) is 6.54 Å². The zero-order valence-corrected chi connectivity index (χ0v) is 12.4. The second-order valence-electron chi connectivity index (χ2n) is 4.74. The first-order chi connectivity index (χ1) is 10.1. The van der Waals surface area contributed by atoms with Gasteiger partial charge in [0.25, 0.3) is 0 Å². The van der Waals surface area contributed by atoms with Gasteiger partial charge in [-0.25, -0.2) is 4.79 Å². The van der Waals surface area contributed by atoms with Gasteiger partial charge in [0, 0.05) is 18.1 Å². The van der Waals surface area contributed by atoms with Crippen LogP contribution in [-0.4, -0.2) is 15.6 Å². The average molecular weight is 320 g/mol. The molecule has 0 spiro atoms. The molecule has 0 saturated heterocycles. The molecule has 0 radical (unpaired) electrons. The minimum atomic E-state index is -0.935. The first kappa shape index (κ1) is 14.0. The van der Waals surface area contributed by atoms with E-state index in [-0.39, 0.29) is 5.56 Å². The number of halogens is 2. The summed E-state index contributed by atoms with van der Waals surface area (Å²) in [5, 5.41) is 11.2. The van der Waals surface area contributed by atoms with Gasteiger partial charge in [-0.3, -0.25) is 0 Å². The molecule has 3 rings (SSSR count). The van der Waals surface area contributed by atoms with Crippen molar-refractivity contribution < 1.29 is 9.90 Å². The van der Waals surface area contributed by atoms with Crippen molar-refractivity contribution in [2.24, 2.45) is 0 Å². The molecule has 1 N–H and O–H groups in total. The highest BCUT2D eigenvalue weighted by atomic mass is 35.5. The van der Waals surface area contributed by atoms with Crippen molar-refractivity contribution in [1.82, 2.24) is 4.57 Å². The normalized spacial score (nSPS) is 11.0. The van der Waals surface area contributed by atoms with Crippen LogP contribution in [0.25, 0.3) is 10.9 Å². The van der Waals surface area contributed by atoms with Crippen LogP contribution in [0.5, 0.6) is 0 Å². The smallest absolute Gasteiger partial charge is 0.337 e. The lowest BCUT2D eigenvalue weighted by molar-refractivity contribution is 0.0698. The third kappa shape index (κ3) is 2.62. The lowest BCUT2D eigenvalue weighted by Crippen LogP contribution is -2.04. The van der Waals surface area contributed by atoms with E-state index in [0.717, 1.165) is 10.9 Å². The van der Waals surface area contributed by atoms with Gasteiger partial charge in [-0.15, -0.1) is 0 Å². The molecule has 1 heterocycles. The summed E-state index contributed by atoms with van der Waals surface area (Å²) in [6.07, 6.45) is 1.87. The van der Waals surface area contributed by atoms with Crippen LogP contribution in [0.4, 0.5) is 0 Å². The number of nitrogens with zero attached hydrogens (tertiary/aromatic N) is 1. The van der Waals surface area contributed by atoms with E-state index in [4.69, 9.17) is 23.2 Å². The Balaban J connectivity index is 2.08. The quantitative estimate of drug-likeness (QED) is 0.760. The van der Waals surface area contributed by atoms with Crippen molar-refractivity contribution in [3.8, 4) is 0 Å². The van der Waals surface area contributed by atoms with Gasteiger partial charge >= 0.3 is 5.97 Å². The molecule has 0 unspecified atom stereocenters. The van der Waals surface area contributed by atoms with Crippen molar-refractivity contribution in [3.05, 3.63) is 69.8 Å². The van der Waals surface area contributed by atoms with Gasteiger partial charge in [-0.2, -0.15) is 0 Å². The third-order valence-corrected chi connectivity index (χ3v) is 4.09. The largest absolute Gasteiger partial charge is 0.478 e. The first-order valence-electron chi connectivity index (χ1n) is 6.31. The number of fused-ring (bicyclic) bond motifs is 1. The number of carboxylic acids is 1. The molecule has 0 aliphatic heterocycles. The molecule has 1 aromatic heterocycles. The Labute approximate surface area is 131 Å². The van der Waals surface area contributed by atoms with Crippen LogP contribution in [0, 0.1) is 0 Å². The summed E-state index contributed by atoms with van der Waals surface area (Å²) in [4.78, 5) is 11.4. The van der Waals surface area contributed by atoms with Crippen LogP contribution >= 0.6 is 23.2 Å². The maximum absolute atomic E-state index is 11.4. The number of carbonyl (C=O) groups is 1. The summed E-state index contributed by atoms with van der Waals surface area (Å²) in [5.74, 6) is -0.935. The number of hydrogen-bond donors (Lipinski definition) is 1. The summed E-state index contributed by atoms with van der Waals surface area (Å²) < 4.78 is 1.90. The third-order valence-electron chi connectivity index (χ3n) is 3.36. The Kier molecular flexibility index (Phi) is 3.62. The van der Waals surface area contributed by atoms with Crippen molar-refractivity contribution in [3.63, 3.8) is 0 Å². The number of aromatic carboxylic acids is 1. The van der Waals surface area contributed by atoms with Crippen LogP contribution in [0.2, 0.25) is 10.0 Å². The van der Waals surface area contributed by atoms with Gasteiger partial charge in [0.15, 0.2) is 0 Å². The monoisotopic (exact) mass is 319 g/mol. The van der Waals surface area contributed by atoms with E-state index < -0.39 is 5.97 Å².